The Bertz CT molecular complexity index is 1010. The van der Waals surface area contributed by atoms with E-state index in [1.807, 2.05) is 0 Å². The Hall–Kier alpha value is 4.23. The first-order valence-electron chi connectivity index (χ1n) is 6.28. The zero-order valence-electron chi connectivity index (χ0n) is 16.8. The molecule has 0 heterocycles. The molecule has 15 heteroatoms. The molecule has 0 N–H and O–H groups in total. The second kappa shape index (κ2) is 18.5. The van der Waals surface area contributed by atoms with Crippen molar-refractivity contribution in [2.24, 2.45) is 0 Å². The van der Waals surface area contributed by atoms with E-state index in [1.54, 1.807) is 0 Å². The second-order valence-electron chi connectivity index (χ2n) is 4.69. The van der Waals surface area contributed by atoms with E-state index in [-0.39, 0.29) is 263 Å². The summed E-state index contributed by atoms with van der Waals surface area (Å²) in [5.41, 5.74) is -5.49. The van der Waals surface area contributed by atoms with Crippen LogP contribution in [0.4, 0.5) is 0 Å². The summed E-state index contributed by atoms with van der Waals surface area (Å²) in [6.07, 6.45) is 0. The molecule has 0 aliphatic carbocycles. The monoisotopic (exact) mass is 538 g/mol. The normalized spacial score (nSPS) is 8.67. The van der Waals surface area contributed by atoms with E-state index < -0.39 is 68.4 Å². The molecule has 2 rings (SSSR count). The van der Waals surface area contributed by atoms with Gasteiger partial charge in [-0.2, -0.15) is 0 Å². The smallest absolute Gasteiger partial charge is 0.545 e. The number of rotatable bonds is 5. The van der Waals surface area contributed by atoms with E-state index in [9.17, 15) is 49.5 Å². The molecule has 0 spiro atoms. The molecule has 0 radical (unpaired) electrons. The van der Waals surface area contributed by atoms with Crippen molar-refractivity contribution < 1.29 is 306 Å². The molecule has 2 aromatic carbocycles. The van der Waals surface area contributed by atoms with E-state index in [1.165, 1.54) is 0 Å². The summed E-state index contributed by atoms with van der Waals surface area (Å²) >= 11 is 0. The molecule has 30 heavy (non-hydrogen) atoms. The number of hydrogen-bond donors (Lipinski definition) is 0. The van der Waals surface area contributed by atoms with Crippen LogP contribution in [0.15, 0.2) is 18.2 Å². The Kier molecular flexibility index (Phi) is 25.5. The van der Waals surface area contributed by atoms with Gasteiger partial charge in [-0.15, -0.1) is 0 Å². The molecule has 0 saturated carbocycles. The maximum Gasteiger partial charge on any atom is 1.00 e. The zero-order chi connectivity index (χ0) is 19.0. The number of carbonyl (C=O) groups is 5. The first-order valence-corrected chi connectivity index (χ1v) is 6.28. The maximum absolute atomic E-state index is 11.3. The summed E-state index contributed by atoms with van der Waals surface area (Å²) in [5, 5.41) is 54.3. The van der Waals surface area contributed by atoms with Crippen molar-refractivity contribution in [1.82, 2.24) is 0 Å². The molecule has 2 aromatic rings. The molecule has 0 aliphatic rings. The van der Waals surface area contributed by atoms with Gasteiger partial charge in [0, 0.05) is 33.2 Å². The molecule has 0 amide bonds. The second-order valence-corrected chi connectivity index (χ2v) is 4.69. The minimum absolute atomic E-state index is 0. The molecule has 0 unspecified atom stereocenters. The molecule has 0 saturated heterocycles. The van der Waals surface area contributed by atoms with Crippen molar-refractivity contribution in [2.75, 3.05) is 0 Å². The van der Waals surface area contributed by atoms with E-state index in [4.69, 9.17) is 0 Å². The van der Waals surface area contributed by atoms with Gasteiger partial charge in [0.25, 0.3) is 0 Å². The van der Waals surface area contributed by atoms with Crippen molar-refractivity contribution in [3.63, 3.8) is 0 Å². The quantitative estimate of drug-likeness (QED) is 0.329. The van der Waals surface area contributed by atoms with Gasteiger partial charge in [-0.05, 0) is 11.5 Å². The average molecular weight is 539 g/mol. The standard InChI is InChI=1S/C15H8O10.5K/c16-11(17)5-2-1-4-8(10(5)15(24)25)6(12(18)19)3-7(13(20)21)9(4)14(22)23;;;;;/h1-3H,(H,16,17)(H,18,19)(H,20,21)(H,22,23)(H,24,25);;;;;/q;5*+1/p-5. The summed E-state index contributed by atoms with van der Waals surface area (Å²) in [6.45, 7) is 0. The van der Waals surface area contributed by atoms with Crippen LogP contribution in [-0.2, 0) is 0 Å². The van der Waals surface area contributed by atoms with Crippen LogP contribution in [0.25, 0.3) is 10.8 Å². The van der Waals surface area contributed by atoms with E-state index in [0.29, 0.717) is 12.1 Å². The van der Waals surface area contributed by atoms with Crippen LogP contribution in [0.5, 0.6) is 0 Å². The van der Waals surface area contributed by atoms with Gasteiger partial charge in [0.15, 0.2) is 0 Å². The summed E-state index contributed by atoms with van der Waals surface area (Å²) < 4.78 is 0. The number of fused-ring (bicyclic) bond motifs is 1. The Morgan fingerprint density at radius 3 is 1.23 bits per heavy atom. The topological polar surface area (TPSA) is 201 Å². The van der Waals surface area contributed by atoms with Crippen molar-refractivity contribution in [1.29, 1.82) is 0 Å². The predicted octanol–water partition coefficient (Wildman–Crippen LogP) is -20.3. The number of aromatic carboxylic acids is 5. The third-order valence-electron chi connectivity index (χ3n) is 3.37. The third-order valence-corrected chi connectivity index (χ3v) is 3.37. The van der Waals surface area contributed by atoms with Gasteiger partial charge < -0.3 is 49.5 Å². The molecule has 10 nitrogen and oxygen atoms in total. The van der Waals surface area contributed by atoms with Crippen LogP contribution in [-0.4, -0.2) is 29.8 Å². The zero-order valence-corrected chi connectivity index (χ0v) is 32.4. The number of carboxylic acids is 5. The van der Waals surface area contributed by atoms with Gasteiger partial charge in [0.2, 0.25) is 0 Å². The molecule has 0 atom stereocenters. The van der Waals surface area contributed by atoms with Crippen LogP contribution >= 0.6 is 0 Å². The van der Waals surface area contributed by atoms with Gasteiger partial charge in [-0.3, -0.25) is 0 Å². The van der Waals surface area contributed by atoms with E-state index >= 15 is 0 Å². The minimum Gasteiger partial charge on any atom is -0.545 e. The van der Waals surface area contributed by atoms with Gasteiger partial charge in [-0.25, -0.2) is 0 Å². The Morgan fingerprint density at radius 1 is 0.500 bits per heavy atom. The van der Waals surface area contributed by atoms with Gasteiger partial charge in [0.1, 0.15) is 0 Å². The van der Waals surface area contributed by atoms with E-state index in [0.717, 1.165) is 0 Å². The Labute approximate surface area is 381 Å². The molecule has 128 valence electrons. The van der Waals surface area contributed by atoms with Crippen molar-refractivity contribution >= 4 is 40.6 Å². The summed E-state index contributed by atoms with van der Waals surface area (Å²) in [6, 6.07) is 1.59. The van der Waals surface area contributed by atoms with Gasteiger partial charge in [-0.1, -0.05) is 12.1 Å². The van der Waals surface area contributed by atoms with Gasteiger partial charge >= 0.3 is 257 Å². The van der Waals surface area contributed by atoms with Crippen LogP contribution in [0.3, 0.4) is 0 Å². The van der Waals surface area contributed by atoms with E-state index in [2.05, 4.69) is 0 Å². The fourth-order valence-electron chi connectivity index (χ4n) is 2.45. The summed E-state index contributed by atoms with van der Waals surface area (Å²) in [5.74, 6) is -10.4. The minimum atomic E-state index is -2.15. The fourth-order valence-corrected chi connectivity index (χ4v) is 2.45. The SMILES string of the molecule is O=C([O-])c1cc(C(=O)[O-])c2c(C(=O)[O-])c(C(=O)[O-])ccc2c1C(=O)[O-].[K+].[K+].[K+].[K+].[K+]. The molecule has 0 fully saturated rings. The maximum atomic E-state index is 11.3. The molecular weight excluding hydrogens is 536 g/mol. The molecular formula is C15H3K5O10. The molecule has 0 aromatic heterocycles. The Balaban J connectivity index is -0.000000676. The third kappa shape index (κ3) is 9.60. The van der Waals surface area contributed by atoms with Crippen LogP contribution in [0.1, 0.15) is 51.8 Å². The van der Waals surface area contributed by atoms with Gasteiger partial charge in [0.05, 0.1) is 29.8 Å². The first kappa shape index (κ1) is 41.4. The number of hydrogen-bond acceptors (Lipinski definition) is 10. The number of carboxylic acid groups (broad SMARTS) is 5. The Morgan fingerprint density at radius 2 is 0.900 bits per heavy atom. The molecule has 0 aliphatic heterocycles. The van der Waals surface area contributed by atoms with Crippen molar-refractivity contribution in [2.45, 2.75) is 0 Å². The summed E-state index contributed by atoms with van der Waals surface area (Å²) in [7, 11) is 0. The van der Waals surface area contributed by atoms with Crippen molar-refractivity contribution in [3.05, 3.63) is 46.0 Å². The predicted molar refractivity (Wildman–Crippen MR) is 65.6 cm³/mol. The van der Waals surface area contributed by atoms with Crippen molar-refractivity contribution in [3.8, 4) is 0 Å². The fraction of sp³-hybridized carbons (Fsp3) is 0. The number of carbonyl (C=O) groups excluding carboxylic acids is 5. The molecule has 0 bridgehead atoms. The summed E-state index contributed by atoms with van der Waals surface area (Å²) in [4.78, 5) is 56.0. The van der Waals surface area contributed by atoms with Crippen LogP contribution in [0.2, 0.25) is 0 Å². The number of benzene rings is 2. The van der Waals surface area contributed by atoms with Crippen LogP contribution < -0.4 is 282 Å². The first-order chi connectivity index (χ1) is 11.6. The average Bonchev–Trinajstić information content (AvgIpc) is 2.50. The van der Waals surface area contributed by atoms with Crippen LogP contribution in [0, 0.1) is 0 Å². The largest absolute Gasteiger partial charge is 1.00 e.